The van der Waals surface area contributed by atoms with E-state index in [4.69, 9.17) is 16.9 Å². The van der Waals surface area contributed by atoms with Crippen molar-refractivity contribution in [1.82, 2.24) is 4.90 Å². The van der Waals surface area contributed by atoms with E-state index in [0.717, 1.165) is 17.3 Å². The van der Waals surface area contributed by atoms with Gasteiger partial charge in [-0.3, -0.25) is 4.79 Å². The number of amides is 1. The molecule has 0 fully saturated rings. The fourth-order valence-electron chi connectivity index (χ4n) is 1.01. The smallest absolute Gasteiger partial charge is 0.285 e. The number of thioether (sulfide) groups is 1. The summed E-state index contributed by atoms with van der Waals surface area (Å²) >= 11 is 7.09. The van der Waals surface area contributed by atoms with Crippen LogP contribution in [-0.2, 0) is 6.42 Å². The van der Waals surface area contributed by atoms with E-state index in [9.17, 15) is 4.79 Å². The first kappa shape index (κ1) is 12.9. The van der Waals surface area contributed by atoms with Gasteiger partial charge in [0.05, 0.1) is 17.5 Å². The van der Waals surface area contributed by atoms with Gasteiger partial charge in [-0.1, -0.05) is 17.7 Å². The molecule has 0 aliphatic heterocycles. The van der Waals surface area contributed by atoms with Gasteiger partial charge in [0.15, 0.2) is 0 Å². The molecule has 16 heavy (non-hydrogen) atoms. The molecule has 0 aromatic heterocycles. The van der Waals surface area contributed by atoms with Crippen LogP contribution >= 0.6 is 23.4 Å². The second-order valence-corrected chi connectivity index (χ2v) is 4.76. The normalized spacial score (nSPS) is 9.62. The minimum Gasteiger partial charge on any atom is -0.339 e. The summed E-state index contributed by atoms with van der Waals surface area (Å²) in [5, 5.41) is 8.97. The van der Waals surface area contributed by atoms with E-state index in [-0.39, 0.29) is 5.24 Å². The van der Waals surface area contributed by atoms with Crippen LogP contribution in [0, 0.1) is 11.3 Å². The molecule has 0 aliphatic carbocycles. The maximum Gasteiger partial charge on any atom is 0.285 e. The van der Waals surface area contributed by atoms with Crippen molar-refractivity contribution < 1.29 is 4.79 Å². The molecule has 0 saturated carbocycles. The average Bonchev–Trinajstić information content (AvgIpc) is 2.22. The van der Waals surface area contributed by atoms with Gasteiger partial charge in [-0.15, -0.1) is 0 Å². The van der Waals surface area contributed by atoms with Crippen LogP contribution in [0.25, 0.3) is 0 Å². The Morgan fingerprint density at radius 3 is 2.75 bits per heavy atom. The summed E-state index contributed by atoms with van der Waals surface area (Å²) in [7, 11) is 3.38. The molecule has 0 radical (unpaired) electrons. The van der Waals surface area contributed by atoms with Gasteiger partial charge in [-0.25, -0.2) is 0 Å². The summed E-state index contributed by atoms with van der Waals surface area (Å²) < 4.78 is 0. The number of halogens is 1. The molecule has 5 heteroatoms. The van der Waals surface area contributed by atoms with Gasteiger partial charge < -0.3 is 4.90 Å². The summed E-state index contributed by atoms with van der Waals surface area (Å²) in [5.41, 5.74) is 0.856. The fourth-order valence-corrected chi connectivity index (χ4v) is 2.00. The van der Waals surface area contributed by atoms with Crippen LogP contribution in [0.3, 0.4) is 0 Å². The van der Waals surface area contributed by atoms with Crippen LogP contribution in [0.1, 0.15) is 5.56 Å². The van der Waals surface area contributed by atoms with Crippen molar-refractivity contribution in [1.29, 1.82) is 5.26 Å². The number of hydrogen-bond donors (Lipinski definition) is 0. The van der Waals surface area contributed by atoms with Crippen molar-refractivity contribution >= 4 is 28.6 Å². The van der Waals surface area contributed by atoms with Crippen molar-refractivity contribution in [2.75, 3.05) is 14.1 Å². The molecule has 1 aromatic rings. The second kappa shape index (κ2) is 5.78. The Morgan fingerprint density at radius 2 is 2.25 bits per heavy atom. The van der Waals surface area contributed by atoms with Gasteiger partial charge in [0, 0.05) is 19.0 Å². The molecule has 1 amide bonds. The quantitative estimate of drug-likeness (QED) is 0.762. The van der Waals surface area contributed by atoms with E-state index in [1.54, 1.807) is 32.3 Å². The van der Waals surface area contributed by atoms with E-state index in [1.807, 2.05) is 6.07 Å². The van der Waals surface area contributed by atoms with E-state index in [1.165, 1.54) is 4.90 Å². The minimum absolute atomic E-state index is 0.0741. The van der Waals surface area contributed by atoms with Gasteiger partial charge in [0.2, 0.25) is 0 Å². The third-order valence-electron chi connectivity index (χ3n) is 1.84. The molecule has 0 saturated heterocycles. The maximum absolute atomic E-state index is 11.5. The molecule has 84 valence electrons. The summed E-state index contributed by atoms with van der Waals surface area (Å²) in [6.45, 7) is 0. The van der Waals surface area contributed by atoms with Crippen LogP contribution in [0.15, 0.2) is 23.1 Å². The zero-order valence-electron chi connectivity index (χ0n) is 9.03. The fraction of sp³-hybridized carbons (Fsp3) is 0.273. The summed E-state index contributed by atoms with van der Waals surface area (Å²) in [6, 6.07) is 7.34. The summed E-state index contributed by atoms with van der Waals surface area (Å²) in [6.07, 6.45) is 0.326. The molecule has 0 spiro atoms. The van der Waals surface area contributed by atoms with Crippen molar-refractivity contribution in [2.24, 2.45) is 0 Å². The van der Waals surface area contributed by atoms with Crippen LogP contribution in [-0.4, -0.2) is 24.2 Å². The first-order chi connectivity index (χ1) is 7.54. The maximum atomic E-state index is 11.5. The first-order valence-corrected chi connectivity index (χ1v) is 5.78. The van der Waals surface area contributed by atoms with Gasteiger partial charge in [0.1, 0.15) is 0 Å². The highest BCUT2D eigenvalue weighted by atomic mass is 35.5. The molecule has 0 N–H and O–H groups in total. The summed E-state index contributed by atoms with van der Waals surface area (Å²) in [4.78, 5) is 13.7. The topological polar surface area (TPSA) is 44.1 Å². The Morgan fingerprint density at radius 1 is 1.56 bits per heavy atom. The molecule has 1 rings (SSSR count). The Bertz CT molecular complexity index is 440. The standard InChI is InChI=1S/C11H11ClN2OS/c1-14(2)11(15)16-10-4-3-8(5-6-13)7-9(10)12/h3-4,7H,5H2,1-2H3. The molecule has 0 bridgehead atoms. The molecule has 0 atom stereocenters. The van der Waals surface area contributed by atoms with Crippen LogP contribution in [0.5, 0.6) is 0 Å². The lowest BCUT2D eigenvalue weighted by Gasteiger charge is -2.10. The molecule has 0 unspecified atom stereocenters. The van der Waals surface area contributed by atoms with Crippen molar-refractivity contribution in [3.8, 4) is 6.07 Å². The average molecular weight is 255 g/mol. The second-order valence-electron chi connectivity index (χ2n) is 3.36. The highest BCUT2D eigenvalue weighted by Gasteiger charge is 2.10. The van der Waals surface area contributed by atoms with Gasteiger partial charge >= 0.3 is 0 Å². The number of hydrogen-bond acceptors (Lipinski definition) is 3. The SMILES string of the molecule is CN(C)C(=O)Sc1ccc(CC#N)cc1Cl. The molecular formula is C11H11ClN2OS. The zero-order valence-corrected chi connectivity index (χ0v) is 10.6. The number of rotatable bonds is 2. The minimum atomic E-state index is -0.0741. The number of benzene rings is 1. The highest BCUT2D eigenvalue weighted by Crippen LogP contribution is 2.29. The van der Waals surface area contributed by atoms with E-state index < -0.39 is 0 Å². The van der Waals surface area contributed by atoms with Crippen molar-refractivity contribution in [2.45, 2.75) is 11.3 Å². The third-order valence-corrected chi connectivity index (χ3v) is 3.38. The van der Waals surface area contributed by atoms with Crippen LogP contribution in [0.4, 0.5) is 4.79 Å². The molecule has 1 aromatic carbocycles. The van der Waals surface area contributed by atoms with Crippen molar-refractivity contribution in [3.63, 3.8) is 0 Å². The van der Waals surface area contributed by atoms with Gasteiger partial charge in [-0.05, 0) is 29.5 Å². The molecule has 0 aliphatic rings. The lowest BCUT2D eigenvalue weighted by atomic mass is 10.2. The van der Waals surface area contributed by atoms with Gasteiger partial charge in [0.25, 0.3) is 5.24 Å². The Labute approximate surface area is 104 Å². The number of carbonyl (C=O) groups is 1. The Kier molecular flexibility index (Phi) is 4.66. The van der Waals surface area contributed by atoms with E-state index in [0.29, 0.717) is 16.3 Å². The monoisotopic (exact) mass is 254 g/mol. The third kappa shape index (κ3) is 3.44. The van der Waals surface area contributed by atoms with Crippen LogP contribution in [0.2, 0.25) is 5.02 Å². The van der Waals surface area contributed by atoms with Gasteiger partial charge in [-0.2, -0.15) is 5.26 Å². The number of nitrogens with zero attached hydrogens (tertiary/aromatic N) is 2. The summed E-state index contributed by atoms with van der Waals surface area (Å²) in [5.74, 6) is 0. The lowest BCUT2D eigenvalue weighted by molar-refractivity contribution is 0.241. The zero-order chi connectivity index (χ0) is 12.1. The predicted octanol–water partition coefficient (Wildman–Crippen LogP) is 3.18. The number of carbonyl (C=O) groups excluding carboxylic acids is 1. The first-order valence-electron chi connectivity index (χ1n) is 4.59. The van der Waals surface area contributed by atoms with E-state index in [2.05, 4.69) is 0 Å². The molecule has 3 nitrogen and oxygen atoms in total. The molecular weight excluding hydrogens is 244 g/mol. The van der Waals surface area contributed by atoms with E-state index >= 15 is 0 Å². The predicted molar refractivity (Wildman–Crippen MR) is 65.7 cm³/mol. The largest absolute Gasteiger partial charge is 0.339 e. The number of nitriles is 1. The highest BCUT2D eigenvalue weighted by molar-refractivity contribution is 8.13. The Balaban J connectivity index is 2.84. The van der Waals surface area contributed by atoms with Crippen LogP contribution < -0.4 is 0 Å². The van der Waals surface area contributed by atoms with Crippen molar-refractivity contribution in [3.05, 3.63) is 28.8 Å². The lowest BCUT2D eigenvalue weighted by Crippen LogP contribution is -2.16. The molecule has 0 heterocycles. The Hall–Kier alpha value is -1.18.